The Morgan fingerprint density at radius 1 is 0.926 bits per heavy atom. The zero-order valence-corrected chi connectivity index (χ0v) is 17.9. The van der Waals surface area contributed by atoms with Crippen molar-refractivity contribution in [2.45, 2.75) is 128 Å². The van der Waals surface area contributed by atoms with Crippen LogP contribution in [0.1, 0.15) is 117 Å². The van der Waals surface area contributed by atoms with Crippen LogP contribution in [0.4, 0.5) is 0 Å². The van der Waals surface area contributed by atoms with Crippen LogP contribution in [0.15, 0.2) is 0 Å². The normalized spacial score (nSPS) is 22.4. The molecule has 1 fully saturated rings. The first-order valence-corrected chi connectivity index (χ1v) is 11.2. The number of carbonyl (C=O) groups is 1. The molecule has 1 aliphatic heterocycles. The van der Waals surface area contributed by atoms with E-state index in [1.165, 1.54) is 50.0 Å². The molecular weight excluding hydrogens is 342 g/mol. The third-order valence-electron chi connectivity index (χ3n) is 5.74. The maximum absolute atomic E-state index is 12.9. The van der Waals surface area contributed by atoms with Gasteiger partial charge < -0.3 is 20.1 Å². The quantitative estimate of drug-likeness (QED) is 0.318. The van der Waals surface area contributed by atoms with E-state index in [4.69, 9.17) is 9.84 Å². The van der Waals surface area contributed by atoms with Crippen LogP contribution in [0.2, 0.25) is 0 Å². The molecular formula is C22H42NO4-. The molecule has 1 heterocycles. The van der Waals surface area contributed by atoms with Gasteiger partial charge in [0.25, 0.3) is 0 Å². The Morgan fingerprint density at radius 3 is 1.85 bits per heavy atom. The molecule has 0 aliphatic carbocycles. The lowest BCUT2D eigenvalue weighted by atomic mass is 9.95. The van der Waals surface area contributed by atoms with Crippen molar-refractivity contribution >= 4 is 5.97 Å². The Balaban J connectivity index is 2.32. The highest BCUT2D eigenvalue weighted by molar-refractivity contribution is 5.66. The second-order valence-corrected chi connectivity index (χ2v) is 8.87. The predicted molar refractivity (Wildman–Crippen MR) is 111 cm³/mol. The van der Waals surface area contributed by atoms with Crippen molar-refractivity contribution in [2.75, 3.05) is 6.61 Å². The Kier molecular flexibility index (Phi) is 11.5. The number of unbranched alkanes of at least 4 members (excludes halogenated alkanes) is 10. The lowest BCUT2D eigenvalue weighted by molar-refractivity contribution is -0.137. The van der Waals surface area contributed by atoms with Crippen LogP contribution in [0.25, 0.3) is 0 Å². The van der Waals surface area contributed by atoms with E-state index in [-0.39, 0.29) is 6.42 Å². The van der Waals surface area contributed by atoms with Crippen LogP contribution in [0.3, 0.4) is 0 Å². The number of nitrogens with zero attached hydrogens (tertiary/aromatic N) is 1. The number of carboxylic acids is 1. The molecule has 0 aromatic heterocycles. The van der Waals surface area contributed by atoms with Gasteiger partial charge in [0, 0.05) is 12.0 Å². The maximum Gasteiger partial charge on any atom is 0.303 e. The molecule has 0 spiro atoms. The number of hydrogen-bond donors (Lipinski definition) is 1. The third kappa shape index (κ3) is 8.93. The number of rotatable bonds is 16. The van der Waals surface area contributed by atoms with E-state index in [0.717, 1.165) is 32.1 Å². The Labute approximate surface area is 166 Å². The average molecular weight is 385 g/mol. The van der Waals surface area contributed by atoms with Crippen molar-refractivity contribution in [1.82, 2.24) is 5.06 Å². The van der Waals surface area contributed by atoms with E-state index in [1.54, 1.807) is 0 Å². The molecule has 160 valence electrons. The minimum Gasteiger partial charge on any atom is -0.783 e. The van der Waals surface area contributed by atoms with Crippen molar-refractivity contribution in [2.24, 2.45) is 0 Å². The number of aliphatic carboxylic acids is 1. The zero-order valence-electron chi connectivity index (χ0n) is 17.9. The first-order valence-electron chi connectivity index (χ1n) is 11.2. The lowest BCUT2D eigenvalue weighted by Gasteiger charge is -2.48. The van der Waals surface area contributed by atoms with Crippen molar-refractivity contribution < 1.29 is 14.6 Å². The summed E-state index contributed by atoms with van der Waals surface area (Å²) in [6, 6.07) is 0. The highest BCUT2D eigenvalue weighted by atomic mass is 16.6. The number of ether oxygens (including phenoxy) is 1. The summed E-state index contributed by atoms with van der Waals surface area (Å²) in [7, 11) is 0. The maximum atomic E-state index is 12.9. The minimum absolute atomic E-state index is 0.207. The molecule has 5 nitrogen and oxygen atoms in total. The largest absolute Gasteiger partial charge is 0.783 e. The van der Waals surface area contributed by atoms with E-state index in [0.29, 0.717) is 19.4 Å². The van der Waals surface area contributed by atoms with E-state index in [1.807, 2.05) is 13.8 Å². The SMILES string of the molecule is CCCCCCCCCCCC1(CCCCCC(=O)O)OCC(C)(C)N1[O-]. The van der Waals surface area contributed by atoms with Crippen LogP contribution in [0, 0.1) is 5.21 Å². The summed E-state index contributed by atoms with van der Waals surface area (Å²) in [5, 5.41) is 22.8. The van der Waals surface area contributed by atoms with Crippen molar-refractivity contribution in [1.29, 1.82) is 0 Å². The molecule has 1 aliphatic rings. The molecule has 1 atom stereocenters. The van der Waals surface area contributed by atoms with Gasteiger partial charge in [-0.1, -0.05) is 64.7 Å². The van der Waals surface area contributed by atoms with Crippen LogP contribution in [-0.4, -0.2) is 34.0 Å². The van der Waals surface area contributed by atoms with E-state index in [9.17, 15) is 10.0 Å². The van der Waals surface area contributed by atoms with Gasteiger partial charge in [-0.3, -0.25) is 4.79 Å². The summed E-state index contributed by atoms with van der Waals surface area (Å²) < 4.78 is 6.06. The molecule has 1 N–H and O–H groups in total. The monoisotopic (exact) mass is 384 g/mol. The molecule has 0 aromatic carbocycles. The van der Waals surface area contributed by atoms with Crippen molar-refractivity contribution in [3.63, 3.8) is 0 Å². The molecule has 0 saturated carbocycles. The molecule has 0 radical (unpaired) electrons. The fraction of sp³-hybridized carbons (Fsp3) is 0.955. The first kappa shape index (κ1) is 24.4. The van der Waals surface area contributed by atoms with Gasteiger partial charge in [0.1, 0.15) is 5.72 Å². The second kappa shape index (κ2) is 12.7. The second-order valence-electron chi connectivity index (χ2n) is 8.87. The zero-order chi connectivity index (χ0) is 20.2. The minimum atomic E-state index is -0.747. The summed E-state index contributed by atoms with van der Waals surface area (Å²) >= 11 is 0. The number of hydroxylamine groups is 2. The first-order chi connectivity index (χ1) is 12.8. The van der Waals surface area contributed by atoms with Gasteiger partial charge in [-0.15, -0.1) is 0 Å². The highest BCUT2D eigenvalue weighted by Crippen LogP contribution is 2.41. The molecule has 1 saturated heterocycles. The predicted octanol–water partition coefficient (Wildman–Crippen LogP) is 6.25. The van der Waals surface area contributed by atoms with Crippen LogP contribution in [0.5, 0.6) is 0 Å². The molecule has 0 aromatic rings. The van der Waals surface area contributed by atoms with Gasteiger partial charge in [-0.25, -0.2) is 0 Å². The van der Waals surface area contributed by atoms with E-state index in [2.05, 4.69) is 6.92 Å². The van der Waals surface area contributed by atoms with Crippen molar-refractivity contribution in [3.8, 4) is 0 Å². The lowest BCUT2D eigenvalue weighted by Crippen LogP contribution is -2.48. The summed E-state index contributed by atoms with van der Waals surface area (Å²) in [5.74, 6) is -0.747. The van der Waals surface area contributed by atoms with E-state index < -0.39 is 17.2 Å². The highest BCUT2D eigenvalue weighted by Gasteiger charge is 2.45. The van der Waals surface area contributed by atoms with Crippen LogP contribution in [-0.2, 0) is 9.53 Å². The Morgan fingerprint density at radius 2 is 1.41 bits per heavy atom. The molecule has 27 heavy (non-hydrogen) atoms. The Hall–Kier alpha value is -0.650. The van der Waals surface area contributed by atoms with Gasteiger partial charge >= 0.3 is 5.97 Å². The van der Waals surface area contributed by atoms with Gasteiger partial charge in [0.05, 0.1) is 6.61 Å². The molecule has 0 amide bonds. The van der Waals surface area contributed by atoms with Gasteiger partial charge in [-0.05, 0) is 46.0 Å². The summed E-state index contributed by atoms with van der Waals surface area (Å²) in [5.41, 5.74) is -1.17. The fourth-order valence-electron chi connectivity index (χ4n) is 4.02. The summed E-state index contributed by atoms with van der Waals surface area (Å²) in [6.45, 7) is 6.61. The molecule has 1 unspecified atom stereocenters. The van der Waals surface area contributed by atoms with Gasteiger partial charge in [-0.2, -0.15) is 0 Å². The van der Waals surface area contributed by atoms with Gasteiger partial charge in [0.2, 0.25) is 0 Å². The molecule has 1 rings (SSSR count). The van der Waals surface area contributed by atoms with E-state index >= 15 is 0 Å². The average Bonchev–Trinajstić information content (AvgIpc) is 2.84. The Bertz CT molecular complexity index is 413. The molecule has 0 bridgehead atoms. The van der Waals surface area contributed by atoms with Crippen molar-refractivity contribution in [3.05, 3.63) is 5.21 Å². The number of carboxylic acid groups (broad SMARTS) is 1. The standard InChI is InChI=1S/C22H42NO4/c1-4-5-6-7-8-9-10-11-14-17-22(18-15-12-13-16-20(24)25)23(26)21(2,3)19-27-22/h4-19H2,1-3H3,(H,24,25)/q-1. The van der Waals surface area contributed by atoms with Gasteiger partial charge in [0.15, 0.2) is 0 Å². The molecule has 5 heteroatoms. The topological polar surface area (TPSA) is 72.8 Å². The number of hydrogen-bond acceptors (Lipinski definition) is 4. The summed E-state index contributed by atoms with van der Waals surface area (Å²) in [4.78, 5) is 10.6. The smallest absolute Gasteiger partial charge is 0.303 e. The van der Waals surface area contributed by atoms with Crippen LogP contribution < -0.4 is 0 Å². The van der Waals surface area contributed by atoms with Crippen LogP contribution >= 0.6 is 0 Å². The summed E-state index contributed by atoms with van der Waals surface area (Å²) in [6.07, 6.45) is 15.4. The fourth-order valence-corrected chi connectivity index (χ4v) is 4.02. The third-order valence-corrected chi connectivity index (χ3v) is 5.74.